The van der Waals surface area contributed by atoms with E-state index < -0.39 is 18.5 Å². The number of esters is 1. The number of carbonyl (C=O) groups is 2. The Kier molecular flexibility index (Phi) is 5.83. The molecule has 132 valence electrons. The molecule has 0 aliphatic rings. The van der Waals surface area contributed by atoms with Crippen molar-refractivity contribution in [3.8, 4) is 5.75 Å². The van der Waals surface area contributed by atoms with Gasteiger partial charge in [-0.15, -0.1) is 0 Å². The molecule has 0 unspecified atom stereocenters. The maximum absolute atomic E-state index is 12.1. The highest BCUT2D eigenvalue weighted by Crippen LogP contribution is 2.17. The van der Waals surface area contributed by atoms with Crippen molar-refractivity contribution < 1.29 is 27.8 Å². The number of rotatable bonds is 6. The maximum Gasteiger partial charge on any atom is 0.387 e. The molecule has 0 saturated heterocycles. The number of methoxy groups -OCH3 is 1. The van der Waals surface area contributed by atoms with Crippen molar-refractivity contribution in [1.82, 2.24) is 9.78 Å². The average Bonchev–Trinajstić information content (AvgIpc) is 2.93. The number of hydrogen-bond acceptors (Lipinski definition) is 5. The van der Waals surface area contributed by atoms with Crippen LogP contribution in [0.5, 0.6) is 5.75 Å². The van der Waals surface area contributed by atoms with E-state index in [0.29, 0.717) is 5.56 Å². The second kappa shape index (κ2) is 8.04. The smallest absolute Gasteiger partial charge is 0.387 e. The quantitative estimate of drug-likeness (QED) is 0.639. The molecular formula is C16H15F2N3O4. The Bertz CT molecular complexity index is 785. The van der Waals surface area contributed by atoms with Crippen molar-refractivity contribution in [1.29, 1.82) is 0 Å². The molecule has 0 saturated carbocycles. The first kappa shape index (κ1) is 18.1. The molecule has 0 aliphatic heterocycles. The van der Waals surface area contributed by atoms with Crippen molar-refractivity contribution in [3.05, 3.63) is 47.8 Å². The van der Waals surface area contributed by atoms with E-state index in [2.05, 4.69) is 19.9 Å². The van der Waals surface area contributed by atoms with Crippen molar-refractivity contribution in [3.63, 3.8) is 0 Å². The third kappa shape index (κ3) is 4.87. The number of aromatic nitrogens is 2. The van der Waals surface area contributed by atoms with Crippen LogP contribution in [0.15, 0.2) is 36.5 Å². The van der Waals surface area contributed by atoms with Gasteiger partial charge < -0.3 is 14.8 Å². The van der Waals surface area contributed by atoms with Gasteiger partial charge in [-0.1, -0.05) is 12.1 Å². The average molecular weight is 351 g/mol. The fourth-order valence-corrected chi connectivity index (χ4v) is 1.97. The second-order valence-electron chi connectivity index (χ2n) is 4.79. The van der Waals surface area contributed by atoms with Gasteiger partial charge >= 0.3 is 12.6 Å². The topological polar surface area (TPSA) is 82.4 Å². The molecule has 0 bridgehead atoms. The van der Waals surface area contributed by atoms with Crippen LogP contribution in [0.3, 0.4) is 0 Å². The normalized spacial score (nSPS) is 10.9. The molecule has 1 heterocycles. The Labute approximate surface area is 141 Å². The van der Waals surface area contributed by atoms with E-state index >= 15 is 0 Å². The largest absolute Gasteiger partial charge is 0.464 e. The van der Waals surface area contributed by atoms with Crippen molar-refractivity contribution in [2.24, 2.45) is 7.05 Å². The second-order valence-corrected chi connectivity index (χ2v) is 4.79. The van der Waals surface area contributed by atoms with Crippen LogP contribution < -0.4 is 10.1 Å². The minimum absolute atomic E-state index is 0.0229. The molecule has 0 atom stereocenters. The number of halogens is 2. The highest BCUT2D eigenvalue weighted by Gasteiger charge is 2.18. The molecular weight excluding hydrogens is 336 g/mol. The van der Waals surface area contributed by atoms with Crippen LogP contribution in [0, 0.1) is 0 Å². The first-order valence-corrected chi connectivity index (χ1v) is 7.05. The number of ether oxygens (including phenoxy) is 2. The summed E-state index contributed by atoms with van der Waals surface area (Å²) in [6.07, 6.45) is 4.04. The van der Waals surface area contributed by atoms with Crippen LogP contribution in [-0.4, -0.2) is 35.4 Å². The number of nitrogens with zero attached hydrogens (tertiary/aromatic N) is 2. The molecule has 0 spiro atoms. The Morgan fingerprint density at radius 1 is 1.28 bits per heavy atom. The van der Waals surface area contributed by atoms with Gasteiger partial charge in [0.05, 0.1) is 19.0 Å². The molecule has 7 nitrogen and oxygen atoms in total. The summed E-state index contributed by atoms with van der Waals surface area (Å²) in [5.74, 6) is -1.10. The Morgan fingerprint density at radius 2 is 1.96 bits per heavy atom. The van der Waals surface area contributed by atoms with E-state index in [-0.39, 0.29) is 17.1 Å². The predicted octanol–water partition coefficient (Wildman–Crippen LogP) is 2.46. The number of nitrogens with one attached hydrogen (secondary N) is 1. The zero-order valence-electron chi connectivity index (χ0n) is 13.4. The van der Waals surface area contributed by atoms with Gasteiger partial charge in [-0.05, 0) is 23.8 Å². The predicted molar refractivity (Wildman–Crippen MR) is 85.3 cm³/mol. The van der Waals surface area contributed by atoms with Gasteiger partial charge in [0.1, 0.15) is 5.75 Å². The molecule has 0 fully saturated rings. The van der Waals surface area contributed by atoms with Gasteiger partial charge in [-0.3, -0.25) is 9.48 Å². The van der Waals surface area contributed by atoms with Crippen LogP contribution in [-0.2, 0) is 16.6 Å². The molecule has 1 aromatic carbocycles. The molecule has 0 aliphatic carbocycles. The lowest BCUT2D eigenvalue weighted by atomic mass is 10.2. The lowest BCUT2D eigenvalue weighted by Crippen LogP contribution is -2.14. The minimum Gasteiger partial charge on any atom is -0.464 e. The third-order valence-electron chi connectivity index (χ3n) is 3.11. The molecule has 2 aromatic rings. The zero-order valence-corrected chi connectivity index (χ0v) is 13.4. The van der Waals surface area contributed by atoms with Gasteiger partial charge in [0.15, 0.2) is 5.69 Å². The number of aryl methyl sites for hydroxylation is 1. The lowest BCUT2D eigenvalue weighted by Gasteiger charge is -2.05. The SMILES string of the molecule is COC(=O)c1c(NC(=O)/C=C\c2ccc(OC(F)F)cc2)cnn1C. The Balaban J connectivity index is 2.03. The number of carbonyl (C=O) groups excluding carboxylic acids is 2. The number of hydrogen-bond donors (Lipinski definition) is 1. The van der Waals surface area contributed by atoms with Crippen molar-refractivity contribution in [2.45, 2.75) is 6.61 Å². The Hall–Kier alpha value is -3.23. The summed E-state index contributed by atoms with van der Waals surface area (Å²) < 4.78 is 34.3. The van der Waals surface area contributed by atoms with Crippen LogP contribution in [0.25, 0.3) is 6.08 Å². The van der Waals surface area contributed by atoms with E-state index in [0.717, 1.165) is 0 Å². The Morgan fingerprint density at radius 3 is 2.56 bits per heavy atom. The first-order valence-electron chi connectivity index (χ1n) is 7.05. The molecule has 25 heavy (non-hydrogen) atoms. The molecule has 0 radical (unpaired) electrons. The summed E-state index contributed by atoms with van der Waals surface area (Å²) in [5.41, 5.74) is 0.929. The molecule has 1 N–H and O–H groups in total. The summed E-state index contributed by atoms with van der Waals surface area (Å²) in [6.45, 7) is -2.89. The van der Waals surface area contributed by atoms with Gasteiger partial charge in [-0.2, -0.15) is 13.9 Å². The van der Waals surface area contributed by atoms with E-state index in [1.54, 1.807) is 7.05 Å². The molecule has 1 amide bonds. The zero-order chi connectivity index (χ0) is 18.4. The fraction of sp³-hybridized carbons (Fsp3) is 0.188. The summed E-state index contributed by atoms with van der Waals surface area (Å²) in [4.78, 5) is 23.6. The minimum atomic E-state index is -2.89. The molecule has 2 rings (SSSR count). The van der Waals surface area contributed by atoms with E-state index in [1.165, 1.54) is 54.4 Å². The standard InChI is InChI=1S/C16H15F2N3O4/c1-21-14(15(23)24-2)12(9-19-21)20-13(22)8-5-10-3-6-11(7-4-10)25-16(17)18/h3-9,16H,1-2H3,(H,20,22)/b8-5-. The highest BCUT2D eigenvalue weighted by molar-refractivity contribution is 6.05. The van der Waals surface area contributed by atoms with Crippen molar-refractivity contribution >= 4 is 23.6 Å². The van der Waals surface area contributed by atoms with Crippen LogP contribution in [0.2, 0.25) is 0 Å². The van der Waals surface area contributed by atoms with Gasteiger partial charge in [-0.25, -0.2) is 4.79 Å². The number of amides is 1. The van der Waals surface area contributed by atoms with Crippen molar-refractivity contribution in [2.75, 3.05) is 12.4 Å². The maximum atomic E-state index is 12.1. The fourth-order valence-electron chi connectivity index (χ4n) is 1.97. The molecule has 1 aromatic heterocycles. The van der Waals surface area contributed by atoms with E-state index in [1.807, 2.05) is 0 Å². The van der Waals surface area contributed by atoms with E-state index in [9.17, 15) is 18.4 Å². The summed E-state index contributed by atoms with van der Waals surface area (Å²) >= 11 is 0. The van der Waals surface area contributed by atoms with Crippen LogP contribution >= 0.6 is 0 Å². The van der Waals surface area contributed by atoms with E-state index in [4.69, 9.17) is 0 Å². The number of alkyl halides is 2. The van der Waals surface area contributed by atoms with Crippen LogP contribution in [0.1, 0.15) is 16.1 Å². The summed E-state index contributed by atoms with van der Waals surface area (Å²) in [6, 6.07) is 5.76. The number of benzene rings is 1. The van der Waals surface area contributed by atoms with Crippen LogP contribution in [0.4, 0.5) is 14.5 Å². The monoisotopic (exact) mass is 351 g/mol. The van der Waals surface area contributed by atoms with Gasteiger partial charge in [0, 0.05) is 13.1 Å². The lowest BCUT2D eigenvalue weighted by molar-refractivity contribution is -0.111. The number of anilines is 1. The third-order valence-corrected chi connectivity index (χ3v) is 3.11. The van der Waals surface area contributed by atoms with Gasteiger partial charge in [0.2, 0.25) is 5.91 Å². The first-order chi connectivity index (χ1) is 11.9. The summed E-state index contributed by atoms with van der Waals surface area (Å²) in [7, 11) is 2.77. The van der Waals surface area contributed by atoms with Gasteiger partial charge in [0.25, 0.3) is 0 Å². The highest BCUT2D eigenvalue weighted by atomic mass is 19.3. The molecule has 9 heteroatoms. The summed E-state index contributed by atoms with van der Waals surface area (Å²) in [5, 5.41) is 6.41.